The molecule has 0 bridgehead atoms. The number of rotatable bonds is 2. The first-order valence-corrected chi connectivity index (χ1v) is 6.30. The molecule has 0 radical (unpaired) electrons. The molecule has 2 aromatic rings. The van der Waals surface area contributed by atoms with Gasteiger partial charge in [0.25, 0.3) is 0 Å². The monoisotopic (exact) mass is 274 g/mol. The summed E-state index contributed by atoms with van der Waals surface area (Å²) in [5.74, 6) is -0.268. The molecule has 1 atom stereocenters. The van der Waals surface area contributed by atoms with Gasteiger partial charge in [-0.1, -0.05) is 41.9 Å². The van der Waals surface area contributed by atoms with Gasteiger partial charge in [-0.2, -0.15) is 0 Å². The van der Waals surface area contributed by atoms with Gasteiger partial charge in [-0.05, 0) is 23.3 Å². The Morgan fingerprint density at radius 3 is 2.63 bits per heavy atom. The van der Waals surface area contributed by atoms with Crippen LogP contribution in [0.4, 0.5) is 0 Å². The van der Waals surface area contributed by atoms with Crippen molar-refractivity contribution >= 4 is 17.6 Å². The fourth-order valence-corrected chi connectivity index (χ4v) is 2.39. The van der Waals surface area contributed by atoms with E-state index < -0.39 is 12.1 Å². The van der Waals surface area contributed by atoms with Crippen molar-refractivity contribution in [2.24, 2.45) is 0 Å². The number of para-hydroxylation sites is 1. The zero-order valence-electron chi connectivity index (χ0n) is 9.97. The molecule has 1 N–H and O–H groups in total. The molecule has 0 amide bonds. The Kier molecular flexibility index (Phi) is 2.91. The fraction of sp³-hybridized carbons (Fsp3) is 0.133. The predicted octanol–water partition coefficient (Wildman–Crippen LogP) is 3.40. The van der Waals surface area contributed by atoms with Gasteiger partial charge in [0.15, 0.2) is 6.10 Å². The molecule has 1 aliphatic rings. The Hall–Kier alpha value is -2.00. The summed E-state index contributed by atoms with van der Waals surface area (Å²) in [5.41, 5.74) is 2.80. The quantitative estimate of drug-likeness (QED) is 0.913. The molecule has 1 heterocycles. The Morgan fingerprint density at radius 1 is 1.21 bits per heavy atom. The van der Waals surface area contributed by atoms with Gasteiger partial charge < -0.3 is 9.84 Å². The van der Waals surface area contributed by atoms with Crippen LogP contribution in [0, 0.1) is 0 Å². The molecule has 1 unspecified atom stereocenters. The van der Waals surface area contributed by atoms with E-state index in [1.54, 1.807) is 12.1 Å². The van der Waals surface area contributed by atoms with E-state index in [0.29, 0.717) is 17.2 Å². The zero-order valence-corrected chi connectivity index (χ0v) is 10.7. The highest BCUT2D eigenvalue weighted by Crippen LogP contribution is 2.39. The van der Waals surface area contributed by atoms with Crippen molar-refractivity contribution in [2.45, 2.75) is 12.5 Å². The second-order valence-corrected chi connectivity index (χ2v) is 4.89. The minimum atomic E-state index is -0.932. The first-order valence-electron chi connectivity index (χ1n) is 5.92. The molecule has 19 heavy (non-hydrogen) atoms. The predicted molar refractivity (Wildman–Crippen MR) is 72.6 cm³/mol. The second-order valence-electron chi connectivity index (χ2n) is 4.45. The number of carboxylic acids is 1. The smallest absolute Gasteiger partial charge is 0.345 e. The third-order valence-corrected chi connectivity index (χ3v) is 3.44. The third-order valence-electron chi connectivity index (χ3n) is 3.19. The minimum absolute atomic E-state index is 0.409. The Morgan fingerprint density at radius 2 is 1.95 bits per heavy atom. The molecular formula is C15H11ClO3. The fourth-order valence-electron chi connectivity index (χ4n) is 2.26. The Labute approximate surface area is 115 Å². The molecule has 0 saturated heterocycles. The van der Waals surface area contributed by atoms with Crippen LogP contribution in [-0.4, -0.2) is 17.2 Å². The number of aliphatic carboxylic acids is 1. The average molecular weight is 275 g/mol. The molecule has 0 aliphatic carbocycles. The van der Waals surface area contributed by atoms with Crippen LogP contribution in [0.3, 0.4) is 0 Å². The van der Waals surface area contributed by atoms with Gasteiger partial charge in [-0.3, -0.25) is 0 Å². The van der Waals surface area contributed by atoms with Gasteiger partial charge in [0.1, 0.15) is 5.75 Å². The highest BCUT2D eigenvalue weighted by Gasteiger charge is 2.30. The minimum Gasteiger partial charge on any atom is -0.478 e. The van der Waals surface area contributed by atoms with Crippen molar-refractivity contribution in [2.75, 3.05) is 0 Å². The van der Waals surface area contributed by atoms with Crippen LogP contribution in [-0.2, 0) is 11.2 Å². The van der Waals surface area contributed by atoms with Crippen LogP contribution in [0.1, 0.15) is 5.56 Å². The number of ether oxygens (including phenoxy) is 1. The zero-order chi connectivity index (χ0) is 13.4. The SMILES string of the molecule is O=C(O)C1Cc2cccc(-c3ccc(Cl)cc3)c2O1. The number of hydrogen-bond acceptors (Lipinski definition) is 2. The number of fused-ring (bicyclic) bond motifs is 1. The molecule has 0 aromatic heterocycles. The summed E-state index contributed by atoms with van der Waals surface area (Å²) in [5, 5.41) is 9.71. The normalized spacial score (nSPS) is 16.8. The molecule has 2 aromatic carbocycles. The summed E-state index contributed by atoms with van der Waals surface area (Å²) in [6.45, 7) is 0. The summed E-state index contributed by atoms with van der Waals surface area (Å²) in [6, 6.07) is 13.1. The van der Waals surface area contributed by atoms with E-state index in [1.165, 1.54) is 0 Å². The van der Waals surface area contributed by atoms with Gasteiger partial charge in [0.2, 0.25) is 0 Å². The van der Waals surface area contributed by atoms with E-state index in [-0.39, 0.29) is 0 Å². The maximum absolute atomic E-state index is 11.0. The van der Waals surface area contributed by atoms with Crippen molar-refractivity contribution in [1.29, 1.82) is 0 Å². The molecular weight excluding hydrogens is 264 g/mol. The molecule has 0 saturated carbocycles. The lowest BCUT2D eigenvalue weighted by Gasteiger charge is -2.09. The number of halogens is 1. The maximum Gasteiger partial charge on any atom is 0.345 e. The lowest BCUT2D eigenvalue weighted by atomic mass is 10.0. The van der Waals surface area contributed by atoms with E-state index in [2.05, 4.69) is 0 Å². The number of hydrogen-bond donors (Lipinski definition) is 1. The van der Waals surface area contributed by atoms with Gasteiger partial charge in [-0.25, -0.2) is 4.79 Å². The summed E-state index contributed by atoms with van der Waals surface area (Å²) in [4.78, 5) is 11.0. The highest BCUT2D eigenvalue weighted by molar-refractivity contribution is 6.30. The van der Waals surface area contributed by atoms with E-state index in [9.17, 15) is 4.79 Å². The summed E-state index contributed by atoms with van der Waals surface area (Å²) in [7, 11) is 0. The average Bonchev–Trinajstić information content (AvgIpc) is 2.83. The van der Waals surface area contributed by atoms with Crippen molar-refractivity contribution in [3.8, 4) is 16.9 Å². The molecule has 3 nitrogen and oxygen atoms in total. The van der Waals surface area contributed by atoms with Crippen LogP contribution in [0.15, 0.2) is 42.5 Å². The lowest BCUT2D eigenvalue weighted by Crippen LogP contribution is -2.24. The molecule has 1 aliphatic heterocycles. The van der Waals surface area contributed by atoms with Crippen molar-refractivity contribution in [3.05, 3.63) is 53.1 Å². The Balaban J connectivity index is 2.04. The standard InChI is InChI=1S/C15H11ClO3/c16-11-6-4-9(5-7-11)12-3-1-2-10-8-13(15(17)18)19-14(10)12/h1-7,13H,8H2,(H,17,18). The van der Waals surface area contributed by atoms with Crippen LogP contribution >= 0.6 is 11.6 Å². The van der Waals surface area contributed by atoms with Gasteiger partial charge in [0, 0.05) is 17.0 Å². The van der Waals surface area contributed by atoms with E-state index in [1.807, 2.05) is 30.3 Å². The maximum atomic E-state index is 11.0. The van der Waals surface area contributed by atoms with E-state index >= 15 is 0 Å². The van der Waals surface area contributed by atoms with E-state index in [4.69, 9.17) is 21.4 Å². The largest absolute Gasteiger partial charge is 0.478 e. The van der Waals surface area contributed by atoms with Gasteiger partial charge in [0.05, 0.1) is 0 Å². The third kappa shape index (κ3) is 2.17. The van der Waals surface area contributed by atoms with Crippen LogP contribution in [0.2, 0.25) is 5.02 Å². The topological polar surface area (TPSA) is 46.5 Å². The number of benzene rings is 2. The van der Waals surface area contributed by atoms with Crippen molar-refractivity contribution in [3.63, 3.8) is 0 Å². The summed E-state index contributed by atoms with van der Waals surface area (Å²) < 4.78 is 5.55. The molecule has 0 fully saturated rings. The molecule has 4 heteroatoms. The molecule has 0 spiro atoms. The van der Waals surface area contributed by atoms with Crippen molar-refractivity contribution < 1.29 is 14.6 Å². The second kappa shape index (κ2) is 4.59. The van der Waals surface area contributed by atoms with Crippen LogP contribution < -0.4 is 4.74 Å². The van der Waals surface area contributed by atoms with Crippen molar-refractivity contribution in [1.82, 2.24) is 0 Å². The highest BCUT2D eigenvalue weighted by atomic mass is 35.5. The first-order chi connectivity index (χ1) is 9.15. The number of carbonyl (C=O) groups is 1. The summed E-state index contributed by atoms with van der Waals surface area (Å²) in [6.07, 6.45) is -0.380. The van der Waals surface area contributed by atoms with E-state index in [0.717, 1.165) is 16.7 Å². The number of carboxylic acid groups (broad SMARTS) is 1. The summed E-state index contributed by atoms with van der Waals surface area (Å²) >= 11 is 5.87. The van der Waals surface area contributed by atoms with Gasteiger partial charge >= 0.3 is 5.97 Å². The van der Waals surface area contributed by atoms with Crippen LogP contribution in [0.5, 0.6) is 5.75 Å². The van der Waals surface area contributed by atoms with Crippen LogP contribution in [0.25, 0.3) is 11.1 Å². The molecule has 3 rings (SSSR count). The molecule has 96 valence electrons. The Bertz CT molecular complexity index is 634. The van der Waals surface area contributed by atoms with Gasteiger partial charge in [-0.15, -0.1) is 0 Å². The first kappa shape index (κ1) is 12.1. The lowest BCUT2D eigenvalue weighted by molar-refractivity contribution is -0.144.